The van der Waals surface area contributed by atoms with E-state index in [0.717, 1.165) is 16.1 Å². The lowest BCUT2D eigenvalue weighted by molar-refractivity contribution is 0.0988. The average molecular weight is 263 g/mol. The van der Waals surface area contributed by atoms with Gasteiger partial charge >= 0.3 is 0 Å². The van der Waals surface area contributed by atoms with E-state index < -0.39 is 0 Å². The molecule has 0 bridgehead atoms. The second-order valence-corrected chi connectivity index (χ2v) is 4.71. The van der Waals surface area contributed by atoms with Gasteiger partial charge in [0.05, 0.1) is 18.3 Å². The largest absolute Gasteiger partial charge is 0.294 e. The number of Topliss-reactive ketones (excluding diaryl/α,β-unsaturated/α-hetero) is 1. The number of aryl methyl sites for hydroxylation is 1. The third-order valence-corrected chi connectivity index (χ3v) is 3.17. The predicted octanol–water partition coefficient (Wildman–Crippen LogP) is 3.49. The monoisotopic (exact) mass is 262 g/mol. The molecule has 3 nitrogen and oxygen atoms in total. The molecule has 0 fully saturated rings. The predicted molar refractivity (Wildman–Crippen MR) is 72.1 cm³/mol. The summed E-state index contributed by atoms with van der Waals surface area (Å²) in [5.74, 6) is 0.108. The smallest absolute Gasteiger partial charge is 0.165 e. The molecule has 1 aromatic heterocycles. The van der Waals surface area contributed by atoms with Crippen LogP contribution in [0, 0.1) is 6.92 Å². The molecule has 0 aliphatic rings. The van der Waals surface area contributed by atoms with Crippen molar-refractivity contribution in [2.24, 2.45) is 0 Å². The van der Waals surface area contributed by atoms with Gasteiger partial charge in [0.1, 0.15) is 0 Å². The lowest BCUT2D eigenvalue weighted by atomic mass is 10.1. The van der Waals surface area contributed by atoms with E-state index in [9.17, 15) is 4.79 Å². The lowest BCUT2D eigenvalue weighted by Crippen LogP contribution is -2.01. The van der Waals surface area contributed by atoms with Crippen LogP contribution in [0.5, 0.6) is 0 Å². The van der Waals surface area contributed by atoms with Crippen molar-refractivity contribution in [1.82, 2.24) is 9.78 Å². The van der Waals surface area contributed by atoms with Crippen molar-refractivity contribution in [2.75, 3.05) is 0 Å². The molecule has 0 saturated carbocycles. The minimum atomic E-state index is 0.108. The van der Waals surface area contributed by atoms with Crippen molar-refractivity contribution in [3.8, 4) is 0 Å². The molecule has 0 aliphatic heterocycles. The molecule has 1 aromatic carbocycles. The van der Waals surface area contributed by atoms with Crippen molar-refractivity contribution in [3.05, 3.63) is 52.3 Å². The number of aromatic nitrogens is 2. The first kappa shape index (κ1) is 12.8. The molecule has 0 amide bonds. The van der Waals surface area contributed by atoms with Crippen LogP contribution in [-0.4, -0.2) is 15.6 Å². The van der Waals surface area contributed by atoms with Gasteiger partial charge in [0.25, 0.3) is 0 Å². The molecule has 2 aromatic rings. The van der Waals surface area contributed by atoms with E-state index in [1.54, 1.807) is 17.1 Å². The SMILES string of the molecule is CCC(=O)c1cnn(Cc2ccc(C)cc2Cl)c1. The first-order valence-electron chi connectivity index (χ1n) is 5.91. The molecule has 0 spiro atoms. The van der Waals surface area contributed by atoms with Gasteiger partial charge in [-0.25, -0.2) is 0 Å². The molecule has 0 radical (unpaired) electrons. The summed E-state index contributed by atoms with van der Waals surface area (Å²) in [5.41, 5.74) is 2.78. The summed E-state index contributed by atoms with van der Waals surface area (Å²) in [5, 5.41) is 4.91. The Morgan fingerprint density at radius 2 is 2.22 bits per heavy atom. The zero-order valence-electron chi connectivity index (χ0n) is 10.5. The summed E-state index contributed by atoms with van der Waals surface area (Å²) >= 11 is 6.17. The Morgan fingerprint density at radius 1 is 1.44 bits per heavy atom. The molecular formula is C14H15ClN2O. The van der Waals surface area contributed by atoms with E-state index in [1.807, 2.05) is 32.0 Å². The van der Waals surface area contributed by atoms with Gasteiger partial charge in [0.15, 0.2) is 5.78 Å². The first-order chi connectivity index (χ1) is 8.60. The van der Waals surface area contributed by atoms with Crippen LogP contribution in [0.2, 0.25) is 5.02 Å². The first-order valence-corrected chi connectivity index (χ1v) is 6.28. The Labute approximate surface area is 111 Å². The van der Waals surface area contributed by atoms with Crippen LogP contribution in [0.4, 0.5) is 0 Å². The van der Waals surface area contributed by atoms with Gasteiger partial charge in [-0.1, -0.05) is 30.7 Å². The highest BCUT2D eigenvalue weighted by atomic mass is 35.5. The van der Waals surface area contributed by atoms with Gasteiger partial charge in [-0.05, 0) is 24.1 Å². The van der Waals surface area contributed by atoms with Crippen molar-refractivity contribution < 1.29 is 4.79 Å². The molecule has 0 saturated heterocycles. The number of carbonyl (C=O) groups excluding carboxylic acids is 1. The zero-order chi connectivity index (χ0) is 13.1. The summed E-state index contributed by atoms with van der Waals surface area (Å²) in [6.07, 6.45) is 3.87. The maximum Gasteiger partial charge on any atom is 0.165 e. The van der Waals surface area contributed by atoms with Gasteiger partial charge in [-0.3, -0.25) is 9.48 Å². The van der Waals surface area contributed by atoms with E-state index in [0.29, 0.717) is 18.5 Å². The van der Waals surface area contributed by atoms with Crippen molar-refractivity contribution in [1.29, 1.82) is 0 Å². The number of nitrogens with zero attached hydrogens (tertiary/aromatic N) is 2. The highest BCUT2D eigenvalue weighted by molar-refractivity contribution is 6.31. The molecule has 0 unspecified atom stereocenters. The summed E-state index contributed by atoms with van der Waals surface area (Å²) in [6.45, 7) is 4.42. The van der Waals surface area contributed by atoms with Crippen LogP contribution in [0.1, 0.15) is 34.8 Å². The van der Waals surface area contributed by atoms with Crippen LogP contribution in [-0.2, 0) is 6.54 Å². The fourth-order valence-electron chi connectivity index (χ4n) is 1.75. The fourth-order valence-corrected chi connectivity index (χ4v) is 2.05. The minimum Gasteiger partial charge on any atom is -0.294 e. The van der Waals surface area contributed by atoms with Crippen molar-refractivity contribution in [3.63, 3.8) is 0 Å². The van der Waals surface area contributed by atoms with E-state index in [2.05, 4.69) is 5.10 Å². The highest BCUT2D eigenvalue weighted by Gasteiger charge is 2.07. The summed E-state index contributed by atoms with van der Waals surface area (Å²) in [6, 6.07) is 5.93. The van der Waals surface area contributed by atoms with Crippen molar-refractivity contribution in [2.45, 2.75) is 26.8 Å². The summed E-state index contributed by atoms with van der Waals surface area (Å²) in [4.78, 5) is 11.5. The molecule has 2 rings (SSSR count). The number of rotatable bonds is 4. The fraction of sp³-hybridized carbons (Fsp3) is 0.286. The molecule has 0 atom stereocenters. The van der Waals surface area contributed by atoms with Crippen LogP contribution in [0.15, 0.2) is 30.6 Å². The van der Waals surface area contributed by atoms with E-state index in [-0.39, 0.29) is 5.78 Å². The number of carbonyl (C=O) groups is 1. The van der Waals surface area contributed by atoms with Gasteiger partial charge < -0.3 is 0 Å². The Morgan fingerprint density at radius 3 is 2.89 bits per heavy atom. The van der Waals surface area contributed by atoms with E-state index in [4.69, 9.17) is 11.6 Å². The van der Waals surface area contributed by atoms with Crippen LogP contribution in [0.3, 0.4) is 0 Å². The minimum absolute atomic E-state index is 0.108. The van der Waals surface area contributed by atoms with Crippen LogP contribution < -0.4 is 0 Å². The maximum atomic E-state index is 11.5. The molecule has 0 aliphatic carbocycles. The van der Waals surface area contributed by atoms with E-state index >= 15 is 0 Å². The Hall–Kier alpha value is -1.61. The second kappa shape index (κ2) is 5.36. The molecule has 94 valence electrons. The molecule has 4 heteroatoms. The summed E-state index contributed by atoms with van der Waals surface area (Å²) in [7, 11) is 0. The van der Waals surface area contributed by atoms with Gasteiger partial charge in [0.2, 0.25) is 0 Å². The molecule has 0 N–H and O–H groups in total. The standard InChI is InChI=1S/C14H15ClN2O/c1-3-14(18)12-7-16-17(9-12)8-11-5-4-10(2)6-13(11)15/h4-7,9H,3,8H2,1-2H3. The lowest BCUT2D eigenvalue weighted by Gasteiger charge is -2.05. The number of hydrogen-bond acceptors (Lipinski definition) is 2. The third-order valence-electron chi connectivity index (χ3n) is 2.82. The Bertz CT molecular complexity index is 575. The van der Waals surface area contributed by atoms with Crippen molar-refractivity contribution >= 4 is 17.4 Å². The number of ketones is 1. The highest BCUT2D eigenvalue weighted by Crippen LogP contribution is 2.18. The van der Waals surface area contributed by atoms with Gasteiger partial charge in [-0.15, -0.1) is 0 Å². The maximum absolute atomic E-state index is 11.5. The summed E-state index contributed by atoms with van der Waals surface area (Å²) < 4.78 is 1.74. The topological polar surface area (TPSA) is 34.9 Å². The van der Waals surface area contributed by atoms with Gasteiger partial charge in [0, 0.05) is 17.6 Å². The van der Waals surface area contributed by atoms with Crippen LogP contribution in [0.25, 0.3) is 0 Å². The van der Waals surface area contributed by atoms with E-state index in [1.165, 1.54) is 0 Å². The quantitative estimate of drug-likeness (QED) is 0.791. The average Bonchev–Trinajstić information content (AvgIpc) is 2.80. The zero-order valence-corrected chi connectivity index (χ0v) is 11.2. The molecule has 18 heavy (non-hydrogen) atoms. The number of benzene rings is 1. The Balaban J connectivity index is 2.18. The molecular weight excluding hydrogens is 248 g/mol. The Kier molecular flexibility index (Phi) is 3.82. The number of halogens is 1. The third kappa shape index (κ3) is 2.79. The number of hydrogen-bond donors (Lipinski definition) is 0. The molecule has 1 heterocycles. The normalized spacial score (nSPS) is 10.6. The second-order valence-electron chi connectivity index (χ2n) is 4.30. The van der Waals surface area contributed by atoms with Gasteiger partial charge in [-0.2, -0.15) is 5.10 Å². The van der Waals surface area contributed by atoms with Crippen LogP contribution >= 0.6 is 11.6 Å².